The normalized spacial score (nSPS) is 10.0. The van der Waals surface area contributed by atoms with Gasteiger partial charge >= 0.3 is 0 Å². The third kappa shape index (κ3) is 4.13. The summed E-state index contributed by atoms with van der Waals surface area (Å²) in [4.78, 5) is 22.9. The van der Waals surface area contributed by atoms with E-state index in [1.54, 1.807) is 30.3 Å². The van der Waals surface area contributed by atoms with Gasteiger partial charge in [0.15, 0.2) is 0 Å². The zero-order valence-corrected chi connectivity index (χ0v) is 12.7. The van der Waals surface area contributed by atoms with Gasteiger partial charge in [0.25, 0.3) is 5.91 Å². The lowest BCUT2D eigenvalue weighted by Crippen LogP contribution is -2.13. The Morgan fingerprint density at radius 2 is 1.71 bits per heavy atom. The molecule has 0 spiro atoms. The van der Waals surface area contributed by atoms with E-state index in [1.165, 1.54) is 19.1 Å². The quantitative estimate of drug-likeness (QED) is 0.884. The molecule has 2 N–H and O–H groups in total. The second-order valence-electron chi connectivity index (χ2n) is 4.34. The van der Waals surface area contributed by atoms with E-state index in [2.05, 4.69) is 26.6 Å². The molecule has 108 valence electrons. The van der Waals surface area contributed by atoms with Crippen LogP contribution >= 0.6 is 15.9 Å². The largest absolute Gasteiger partial charge is 0.326 e. The summed E-state index contributed by atoms with van der Waals surface area (Å²) in [6.45, 7) is 1.40. The second-order valence-corrected chi connectivity index (χ2v) is 5.25. The minimum Gasteiger partial charge on any atom is -0.326 e. The molecule has 0 heterocycles. The number of halogens is 2. The summed E-state index contributed by atoms with van der Waals surface area (Å²) in [6.07, 6.45) is 0. The van der Waals surface area contributed by atoms with Gasteiger partial charge < -0.3 is 10.6 Å². The SMILES string of the molecule is CC(=O)Nc1ccc(C(=O)Nc2ccc(Br)cc2F)cc1. The van der Waals surface area contributed by atoms with Crippen LogP contribution in [-0.2, 0) is 4.79 Å². The monoisotopic (exact) mass is 350 g/mol. The molecule has 0 radical (unpaired) electrons. The van der Waals surface area contributed by atoms with E-state index in [9.17, 15) is 14.0 Å². The highest BCUT2D eigenvalue weighted by molar-refractivity contribution is 9.10. The molecule has 0 saturated heterocycles. The second kappa shape index (κ2) is 6.49. The Kier molecular flexibility index (Phi) is 4.70. The number of anilines is 2. The number of benzene rings is 2. The van der Waals surface area contributed by atoms with Crippen LogP contribution in [0.15, 0.2) is 46.9 Å². The van der Waals surface area contributed by atoms with Crippen molar-refractivity contribution in [2.45, 2.75) is 6.92 Å². The molecule has 21 heavy (non-hydrogen) atoms. The van der Waals surface area contributed by atoms with Crippen molar-refractivity contribution in [1.29, 1.82) is 0 Å². The molecular weight excluding hydrogens is 339 g/mol. The van der Waals surface area contributed by atoms with E-state index in [1.807, 2.05) is 0 Å². The Balaban J connectivity index is 2.11. The van der Waals surface area contributed by atoms with Crippen LogP contribution in [0.5, 0.6) is 0 Å². The molecule has 0 aliphatic carbocycles. The average Bonchev–Trinajstić information content (AvgIpc) is 2.42. The fourth-order valence-corrected chi connectivity index (χ4v) is 2.03. The van der Waals surface area contributed by atoms with E-state index in [4.69, 9.17) is 0 Å². The standard InChI is InChI=1S/C15H12BrFN2O2/c1-9(20)18-12-5-2-10(3-6-12)15(21)19-14-7-4-11(16)8-13(14)17/h2-8H,1H3,(H,18,20)(H,19,21). The maximum absolute atomic E-state index is 13.6. The average molecular weight is 351 g/mol. The summed E-state index contributed by atoms with van der Waals surface area (Å²) in [5.74, 6) is -1.14. The molecule has 2 rings (SSSR count). The van der Waals surface area contributed by atoms with Crippen molar-refractivity contribution >= 4 is 39.1 Å². The van der Waals surface area contributed by atoms with Gasteiger partial charge in [0.2, 0.25) is 5.91 Å². The topological polar surface area (TPSA) is 58.2 Å². The van der Waals surface area contributed by atoms with Crippen molar-refractivity contribution in [1.82, 2.24) is 0 Å². The van der Waals surface area contributed by atoms with Crippen LogP contribution in [-0.4, -0.2) is 11.8 Å². The van der Waals surface area contributed by atoms with Gasteiger partial charge in [-0.2, -0.15) is 0 Å². The smallest absolute Gasteiger partial charge is 0.255 e. The maximum atomic E-state index is 13.6. The molecule has 0 aromatic heterocycles. The summed E-state index contributed by atoms with van der Waals surface area (Å²) in [5.41, 5.74) is 1.06. The molecule has 2 aromatic rings. The van der Waals surface area contributed by atoms with E-state index < -0.39 is 11.7 Å². The van der Waals surface area contributed by atoms with E-state index in [0.29, 0.717) is 15.7 Å². The molecule has 0 fully saturated rings. The Morgan fingerprint density at radius 3 is 2.29 bits per heavy atom. The molecule has 0 aliphatic heterocycles. The predicted octanol–water partition coefficient (Wildman–Crippen LogP) is 3.80. The van der Waals surface area contributed by atoms with Crippen LogP contribution in [0.4, 0.5) is 15.8 Å². The lowest BCUT2D eigenvalue weighted by molar-refractivity contribution is -0.114. The number of hydrogen-bond acceptors (Lipinski definition) is 2. The summed E-state index contributed by atoms with van der Waals surface area (Å²) >= 11 is 3.15. The minimum absolute atomic E-state index is 0.106. The van der Waals surface area contributed by atoms with Crippen LogP contribution in [0.25, 0.3) is 0 Å². The van der Waals surface area contributed by atoms with E-state index in [-0.39, 0.29) is 11.6 Å². The Labute approximate surface area is 129 Å². The van der Waals surface area contributed by atoms with Gasteiger partial charge in [-0.3, -0.25) is 9.59 Å². The van der Waals surface area contributed by atoms with Crippen LogP contribution in [0.2, 0.25) is 0 Å². The van der Waals surface area contributed by atoms with Crippen LogP contribution in [0, 0.1) is 5.82 Å². The van der Waals surface area contributed by atoms with Gasteiger partial charge in [-0.15, -0.1) is 0 Å². The van der Waals surface area contributed by atoms with Gasteiger partial charge in [-0.05, 0) is 42.5 Å². The van der Waals surface area contributed by atoms with Crippen LogP contribution in [0.3, 0.4) is 0 Å². The summed E-state index contributed by atoms with van der Waals surface area (Å²) < 4.78 is 14.2. The van der Waals surface area contributed by atoms with Gasteiger partial charge in [0.1, 0.15) is 5.82 Å². The first-order valence-corrected chi connectivity index (χ1v) is 6.89. The van der Waals surface area contributed by atoms with Crippen LogP contribution < -0.4 is 10.6 Å². The fraction of sp³-hybridized carbons (Fsp3) is 0.0667. The lowest BCUT2D eigenvalue weighted by atomic mass is 10.2. The molecule has 4 nitrogen and oxygen atoms in total. The molecule has 0 unspecified atom stereocenters. The highest BCUT2D eigenvalue weighted by Gasteiger charge is 2.09. The molecule has 0 atom stereocenters. The van der Waals surface area contributed by atoms with Crippen molar-refractivity contribution in [2.24, 2.45) is 0 Å². The molecule has 2 amide bonds. The van der Waals surface area contributed by atoms with Crippen molar-refractivity contribution in [2.75, 3.05) is 10.6 Å². The zero-order chi connectivity index (χ0) is 15.4. The first kappa shape index (κ1) is 15.2. The highest BCUT2D eigenvalue weighted by Crippen LogP contribution is 2.20. The third-order valence-electron chi connectivity index (χ3n) is 2.65. The van der Waals surface area contributed by atoms with Crippen molar-refractivity contribution in [3.63, 3.8) is 0 Å². The molecule has 6 heteroatoms. The molecule has 0 bridgehead atoms. The zero-order valence-electron chi connectivity index (χ0n) is 11.1. The minimum atomic E-state index is -0.521. The Hall–Kier alpha value is -2.21. The number of amides is 2. The number of nitrogens with one attached hydrogen (secondary N) is 2. The van der Waals surface area contributed by atoms with Gasteiger partial charge in [0.05, 0.1) is 5.69 Å². The fourth-order valence-electron chi connectivity index (χ4n) is 1.69. The Bertz CT molecular complexity index is 687. The molecule has 0 aliphatic rings. The van der Waals surface area contributed by atoms with Crippen molar-refractivity contribution in [3.8, 4) is 0 Å². The van der Waals surface area contributed by atoms with Crippen LogP contribution in [0.1, 0.15) is 17.3 Å². The van der Waals surface area contributed by atoms with Crippen molar-refractivity contribution < 1.29 is 14.0 Å². The van der Waals surface area contributed by atoms with Gasteiger partial charge in [0, 0.05) is 22.6 Å². The lowest BCUT2D eigenvalue weighted by Gasteiger charge is -2.08. The first-order valence-electron chi connectivity index (χ1n) is 6.10. The summed E-state index contributed by atoms with van der Waals surface area (Å²) in [5, 5.41) is 5.09. The summed E-state index contributed by atoms with van der Waals surface area (Å²) in [7, 11) is 0. The van der Waals surface area contributed by atoms with Gasteiger partial charge in [-0.1, -0.05) is 15.9 Å². The highest BCUT2D eigenvalue weighted by atomic mass is 79.9. The summed E-state index contributed by atoms with van der Waals surface area (Å²) in [6, 6.07) is 10.7. The van der Waals surface area contributed by atoms with Gasteiger partial charge in [-0.25, -0.2) is 4.39 Å². The third-order valence-corrected chi connectivity index (χ3v) is 3.14. The van der Waals surface area contributed by atoms with Crippen molar-refractivity contribution in [3.05, 3.63) is 58.3 Å². The Morgan fingerprint density at radius 1 is 1.05 bits per heavy atom. The van der Waals surface area contributed by atoms with E-state index in [0.717, 1.165) is 0 Å². The first-order chi connectivity index (χ1) is 9.95. The number of hydrogen-bond donors (Lipinski definition) is 2. The number of carbonyl (C=O) groups excluding carboxylic acids is 2. The molecule has 2 aromatic carbocycles. The predicted molar refractivity (Wildman–Crippen MR) is 82.8 cm³/mol. The number of carbonyl (C=O) groups is 2. The number of rotatable bonds is 3. The maximum Gasteiger partial charge on any atom is 0.255 e. The molecule has 0 saturated carbocycles. The molecular formula is C15H12BrFN2O2. The van der Waals surface area contributed by atoms with E-state index >= 15 is 0 Å².